The van der Waals surface area contributed by atoms with Crippen LogP contribution in [0.15, 0.2) is 18.2 Å². The van der Waals surface area contributed by atoms with Crippen molar-refractivity contribution in [3.8, 4) is 0 Å². The third-order valence-electron chi connectivity index (χ3n) is 3.02. The Morgan fingerprint density at radius 2 is 2.35 bits per heavy atom. The van der Waals surface area contributed by atoms with Crippen molar-refractivity contribution in [2.24, 2.45) is 0 Å². The summed E-state index contributed by atoms with van der Waals surface area (Å²) in [5, 5.41) is 10.4. The largest absolute Gasteiger partial charge is 0.393 e. The lowest BCUT2D eigenvalue weighted by Crippen LogP contribution is -2.19. The summed E-state index contributed by atoms with van der Waals surface area (Å²) in [4.78, 5) is 0. The SMILES string of the molecule is OC(Cc1cc(Cl)ccc1F)CC1CCCO1. The molecular formula is C13H16ClFO2. The first kappa shape index (κ1) is 12.8. The van der Waals surface area contributed by atoms with Gasteiger partial charge in [-0.05, 0) is 43.0 Å². The fourth-order valence-corrected chi connectivity index (χ4v) is 2.37. The van der Waals surface area contributed by atoms with Crippen molar-refractivity contribution >= 4 is 11.6 Å². The van der Waals surface area contributed by atoms with E-state index in [1.807, 2.05) is 0 Å². The second-order valence-electron chi connectivity index (χ2n) is 4.46. The molecule has 17 heavy (non-hydrogen) atoms. The highest BCUT2D eigenvalue weighted by Gasteiger charge is 2.20. The number of aliphatic hydroxyl groups excluding tert-OH is 1. The minimum atomic E-state index is -0.578. The zero-order valence-electron chi connectivity index (χ0n) is 9.53. The van der Waals surface area contributed by atoms with Crippen LogP contribution in [0.3, 0.4) is 0 Å². The maximum Gasteiger partial charge on any atom is 0.126 e. The van der Waals surface area contributed by atoms with E-state index < -0.39 is 6.10 Å². The van der Waals surface area contributed by atoms with Gasteiger partial charge in [0, 0.05) is 18.1 Å². The van der Waals surface area contributed by atoms with Gasteiger partial charge in [0.25, 0.3) is 0 Å². The molecule has 1 aliphatic rings. The summed E-state index contributed by atoms with van der Waals surface area (Å²) in [6, 6.07) is 4.40. The summed E-state index contributed by atoms with van der Waals surface area (Å²) < 4.78 is 18.9. The first-order valence-electron chi connectivity index (χ1n) is 5.89. The Bertz CT molecular complexity index is 378. The average molecular weight is 259 g/mol. The molecule has 2 rings (SSSR count). The molecular weight excluding hydrogens is 243 g/mol. The molecule has 1 N–H and O–H groups in total. The molecule has 0 amide bonds. The van der Waals surface area contributed by atoms with Gasteiger partial charge >= 0.3 is 0 Å². The van der Waals surface area contributed by atoms with E-state index in [4.69, 9.17) is 16.3 Å². The zero-order chi connectivity index (χ0) is 12.3. The summed E-state index contributed by atoms with van der Waals surface area (Å²) in [5.41, 5.74) is 0.461. The second-order valence-corrected chi connectivity index (χ2v) is 4.90. The molecule has 4 heteroatoms. The quantitative estimate of drug-likeness (QED) is 0.900. The van der Waals surface area contributed by atoms with Crippen LogP contribution in [-0.2, 0) is 11.2 Å². The van der Waals surface area contributed by atoms with Crippen molar-refractivity contribution in [1.29, 1.82) is 0 Å². The Labute approximate surface area is 105 Å². The molecule has 2 atom stereocenters. The lowest BCUT2D eigenvalue weighted by molar-refractivity contribution is 0.0538. The van der Waals surface area contributed by atoms with Crippen LogP contribution >= 0.6 is 11.6 Å². The molecule has 0 aliphatic carbocycles. The molecule has 2 nitrogen and oxygen atoms in total. The van der Waals surface area contributed by atoms with Crippen molar-refractivity contribution in [3.05, 3.63) is 34.6 Å². The topological polar surface area (TPSA) is 29.5 Å². The normalized spacial score (nSPS) is 21.7. The van der Waals surface area contributed by atoms with Crippen molar-refractivity contribution in [1.82, 2.24) is 0 Å². The Kier molecular flexibility index (Phi) is 4.37. The van der Waals surface area contributed by atoms with Gasteiger partial charge in [0.2, 0.25) is 0 Å². The fourth-order valence-electron chi connectivity index (χ4n) is 2.17. The predicted octanol–water partition coefficient (Wildman–Crippen LogP) is 2.95. The summed E-state index contributed by atoms with van der Waals surface area (Å²) in [6.45, 7) is 0.767. The van der Waals surface area contributed by atoms with E-state index in [1.165, 1.54) is 12.1 Å². The monoisotopic (exact) mass is 258 g/mol. The Balaban J connectivity index is 1.92. The standard InChI is InChI=1S/C13H16ClFO2/c14-10-3-4-13(15)9(6-10)7-11(16)8-12-2-1-5-17-12/h3-4,6,11-12,16H,1-2,5,7-8H2. The van der Waals surface area contributed by atoms with Gasteiger partial charge in [0.05, 0.1) is 12.2 Å². The molecule has 0 saturated carbocycles. The Morgan fingerprint density at radius 3 is 3.06 bits per heavy atom. The van der Waals surface area contributed by atoms with Gasteiger partial charge in [-0.3, -0.25) is 0 Å². The molecule has 1 heterocycles. The summed E-state index contributed by atoms with van der Waals surface area (Å²) in [6.07, 6.45) is 2.41. The number of rotatable bonds is 4. The fraction of sp³-hybridized carbons (Fsp3) is 0.538. The molecule has 1 aromatic rings. The van der Waals surface area contributed by atoms with E-state index in [0.29, 0.717) is 17.0 Å². The number of hydrogen-bond acceptors (Lipinski definition) is 2. The molecule has 1 fully saturated rings. The molecule has 1 aliphatic heterocycles. The van der Waals surface area contributed by atoms with Gasteiger partial charge in [-0.15, -0.1) is 0 Å². The summed E-state index contributed by atoms with van der Waals surface area (Å²) in [5.74, 6) is -0.319. The van der Waals surface area contributed by atoms with Crippen molar-refractivity contribution < 1.29 is 14.2 Å². The number of aliphatic hydroxyl groups is 1. The first-order valence-corrected chi connectivity index (χ1v) is 6.26. The highest BCUT2D eigenvalue weighted by Crippen LogP contribution is 2.21. The smallest absolute Gasteiger partial charge is 0.126 e. The van der Waals surface area contributed by atoms with Crippen LogP contribution in [0.2, 0.25) is 5.02 Å². The predicted molar refractivity (Wildman–Crippen MR) is 64.7 cm³/mol. The van der Waals surface area contributed by atoms with Crippen LogP contribution in [0.4, 0.5) is 4.39 Å². The molecule has 1 aromatic carbocycles. The van der Waals surface area contributed by atoms with E-state index >= 15 is 0 Å². The average Bonchev–Trinajstić information content (AvgIpc) is 2.76. The second kappa shape index (κ2) is 5.80. The molecule has 0 aromatic heterocycles. The lowest BCUT2D eigenvalue weighted by atomic mass is 10.0. The highest BCUT2D eigenvalue weighted by atomic mass is 35.5. The highest BCUT2D eigenvalue weighted by molar-refractivity contribution is 6.30. The van der Waals surface area contributed by atoms with Gasteiger partial charge in [0.1, 0.15) is 5.82 Å². The van der Waals surface area contributed by atoms with Crippen LogP contribution in [0.1, 0.15) is 24.8 Å². The van der Waals surface area contributed by atoms with E-state index in [2.05, 4.69) is 0 Å². The van der Waals surface area contributed by atoms with E-state index in [1.54, 1.807) is 6.07 Å². The van der Waals surface area contributed by atoms with E-state index in [9.17, 15) is 9.50 Å². The van der Waals surface area contributed by atoms with Crippen LogP contribution in [0.5, 0.6) is 0 Å². The number of benzene rings is 1. The van der Waals surface area contributed by atoms with Crippen LogP contribution in [0.25, 0.3) is 0 Å². The molecule has 0 spiro atoms. The maximum absolute atomic E-state index is 13.4. The van der Waals surface area contributed by atoms with Crippen molar-refractivity contribution in [2.75, 3.05) is 6.61 Å². The van der Waals surface area contributed by atoms with Crippen molar-refractivity contribution in [2.45, 2.75) is 37.9 Å². The number of hydrogen-bond donors (Lipinski definition) is 1. The van der Waals surface area contributed by atoms with Crippen LogP contribution in [-0.4, -0.2) is 23.9 Å². The third-order valence-corrected chi connectivity index (χ3v) is 3.26. The van der Waals surface area contributed by atoms with Gasteiger partial charge < -0.3 is 9.84 Å². The maximum atomic E-state index is 13.4. The van der Waals surface area contributed by atoms with E-state index in [0.717, 1.165) is 19.4 Å². The lowest BCUT2D eigenvalue weighted by Gasteiger charge is -2.15. The van der Waals surface area contributed by atoms with Crippen molar-refractivity contribution in [3.63, 3.8) is 0 Å². The molecule has 2 unspecified atom stereocenters. The minimum absolute atomic E-state index is 0.118. The van der Waals surface area contributed by atoms with Gasteiger partial charge in [-0.1, -0.05) is 11.6 Å². The first-order chi connectivity index (χ1) is 8.15. The van der Waals surface area contributed by atoms with E-state index in [-0.39, 0.29) is 18.3 Å². The summed E-state index contributed by atoms with van der Waals surface area (Å²) in [7, 11) is 0. The number of ether oxygens (including phenoxy) is 1. The summed E-state index contributed by atoms with van der Waals surface area (Å²) >= 11 is 5.80. The number of halogens is 2. The van der Waals surface area contributed by atoms with Gasteiger partial charge in [-0.25, -0.2) is 4.39 Å². The molecule has 0 radical (unpaired) electrons. The Morgan fingerprint density at radius 1 is 1.53 bits per heavy atom. The Hall–Kier alpha value is -0.640. The van der Waals surface area contributed by atoms with Crippen LogP contribution < -0.4 is 0 Å². The molecule has 0 bridgehead atoms. The minimum Gasteiger partial charge on any atom is -0.393 e. The molecule has 1 saturated heterocycles. The van der Waals surface area contributed by atoms with Crippen LogP contribution in [0, 0.1) is 5.82 Å². The van der Waals surface area contributed by atoms with Gasteiger partial charge in [-0.2, -0.15) is 0 Å². The van der Waals surface area contributed by atoms with Gasteiger partial charge in [0.15, 0.2) is 0 Å². The molecule has 94 valence electrons. The zero-order valence-corrected chi connectivity index (χ0v) is 10.3. The third kappa shape index (κ3) is 3.66.